The van der Waals surface area contributed by atoms with Gasteiger partial charge in [0.05, 0.1) is 0 Å². The van der Waals surface area contributed by atoms with Gasteiger partial charge in [0, 0.05) is 16.1 Å². The third-order valence-electron chi connectivity index (χ3n) is 2.82. The molecule has 0 amide bonds. The van der Waals surface area contributed by atoms with Gasteiger partial charge in [-0.2, -0.15) is 0 Å². The Balaban J connectivity index is 0.00000180. The molecule has 2 N–H and O–H groups in total. The van der Waals surface area contributed by atoms with Gasteiger partial charge in [0.15, 0.2) is 0 Å². The molecule has 4 heteroatoms. The van der Waals surface area contributed by atoms with Crippen molar-refractivity contribution in [2.24, 2.45) is 5.73 Å². The predicted molar refractivity (Wildman–Crippen MR) is 85.5 cm³/mol. The van der Waals surface area contributed by atoms with Crippen LogP contribution in [-0.4, -0.2) is 6.04 Å². The minimum atomic E-state index is 0. The van der Waals surface area contributed by atoms with Crippen molar-refractivity contribution in [1.82, 2.24) is 0 Å². The molecule has 0 fully saturated rings. The van der Waals surface area contributed by atoms with Crippen LogP contribution in [0.25, 0.3) is 0 Å². The predicted octanol–water partition coefficient (Wildman–Crippen LogP) is 4.53. The molecule has 0 radical (unpaired) electrons. The Hall–Kier alpha value is -0.730. The largest absolute Gasteiger partial charge is 0.327 e. The molecular weight excluding hydrogens is 301 g/mol. The third-order valence-corrected chi connectivity index (χ3v) is 3.33. The molecule has 0 heterocycles. The second-order valence-corrected chi connectivity index (χ2v) is 5.29. The Labute approximate surface area is 130 Å². The summed E-state index contributed by atoms with van der Waals surface area (Å²) in [5.41, 5.74) is 8.57. The summed E-state index contributed by atoms with van der Waals surface area (Å²) >= 11 is 11.7. The van der Waals surface area contributed by atoms with Crippen LogP contribution in [0.2, 0.25) is 10.0 Å². The Morgan fingerprint density at radius 3 is 1.37 bits per heavy atom. The van der Waals surface area contributed by atoms with E-state index in [9.17, 15) is 0 Å². The smallest absolute Gasteiger partial charge is 0.0406 e. The monoisotopic (exact) mass is 315 g/mol. The summed E-state index contributed by atoms with van der Waals surface area (Å²) in [5.74, 6) is 0. The molecule has 0 aliphatic carbocycles. The normalized spacial score (nSPS) is 10.3. The number of hydrogen-bond acceptors (Lipinski definition) is 1. The maximum atomic E-state index is 6.15. The van der Waals surface area contributed by atoms with Crippen molar-refractivity contribution >= 4 is 35.6 Å². The SMILES string of the molecule is Cl.NC(Cc1ccc(Cl)cc1)Cc1ccc(Cl)cc1. The van der Waals surface area contributed by atoms with Crippen LogP contribution < -0.4 is 5.73 Å². The van der Waals surface area contributed by atoms with Gasteiger partial charge < -0.3 is 5.73 Å². The number of nitrogens with two attached hydrogens (primary N) is 1. The van der Waals surface area contributed by atoms with Crippen molar-refractivity contribution in [3.8, 4) is 0 Å². The summed E-state index contributed by atoms with van der Waals surface area (Å²) in [6.45, 7) is 0. The summed E-state index contributed by atoms with van der Waals surface area (Å²) in [4.78, 5) is 0. The van der Waals surface area contributed by atoms with E-state index in [1.165, 1.54) is 11.1 Å². The Morgan fingerprint density at radius 2 is 1.05 bits per heavy atom. The van der Waals surface area contributed by atoms with Crippen LogP contribution in [0.5, 0.6) is 0 Å². The molecule has 0 atom stereocenters. The van der Waals surface area contributed by atoms with Crippen molar-refractivity contribution in [1.29, 1.82) is 0 Å². The molecule has 1 nitrogen and oxygen atoms in total. The van der Waals surface area contributed by atoms with Gasteiger partial charge in [0.25, 0.3) is 0 Å². The summed E-state index contributed by atoms with van der Waals surface area (Å²) in [6.07, 6.45) is 1.69. The molecule has 0 aromatic heterocycles. The first-order chi connectivity index (χ1) is 8.63. The highest BCUT2D eigenvalue weighted by atomic mass is 35.5. The second-order valence-electron chi connectivity index (χ2n) is 4.42. The lowest BCUT2D eigenvalue weighted by Crippen LogP contribution is -2.25. The topological polar surface area (TPSA) is 26.0 Å². The minimum absolute atomic E-state index is 0. The van der Waals surface area contributed by atoms with Gasteiger partial charge in [0.2, 0.25) is 0 Å². The van der Waals surface area contributed by atoms with Gasteiger partial charge in [0.1, 0.15) is 0 Å². The maximum absolute atomic E-state index is 6.15. The van der Waals surface area contributed by atoms with E-state index in [0.29, 0.717) is 0 Å². The molecule has 2 aromatic carbocycles. The summed E-state index contributed by atoms with van der Waals surface area (Å²) in [5, 5.41) is 1.51. The fourth-order valence-corrected chi connectivity index (χ4v) is 2.17. The summed E-state index contributed by atoms with van der Waals surface area (Å²) in [7, 11) is 0. The van der Waals surface area contributed by atoms with Gasteiger partial charge in [-0.05, 0) is 48.2 Å². The molecule has 102 valence electrons. The van der Waals surface area contributed by atoms with Crippen LogP contribution in [0.15, 0.2) is 48.5 Å². The van der Waals surface area contributed by atoms with Gasteiger partial charge in [-0.3, -0.25) is 0 Å². The van der Waals surface area contributed by atoms with Crippen LogP contribution in [-0.2, 0) is 12.8 Å². The fraction of sp³-hybridized carbons (Fsp3) is 0.200. The van der Waals surface area contributed by atoms with Crippen LogP contribution in [0, 0.1) is 0 Å². The molecule has 0 saturated carbocycles. The molecular formula is C15H16Cl3N. The first kappa shape index (κ1) is 16.3. The molecule has 19 heavy (non-hydrogen) atoms. The highest BCUT2D eigenvalue weighted by molar-refractivity contribution is 6.30. The van der Waals surface area contributed by atoms with E-state index in [-0.39, 0.29) is 18.4 Å². The molecule has 0 aliphatic heterocycles. The maximum Gasteiger partial charge on any atom is 0.0406 e. The Bertz CT molecular complexity index is 446. The molecule has 0 unspecified atom stereocenters. The zero-order valence-corrected chi connectivity index (χ0v) is 12.7. The molecule has 0 aliphatic rings. The van der Waals surface area contributed by atoms with E-state index in [2.05, 4.69) is 0 Å². The van der Waals surface area contributed by atoms with Crippen molar-refractivity contribution in [2.45, 2.75) is 18.9 Å². The summed E-state index contributed by atoms with van der Waals surface area (Å²) in [6, 6.07) is 15.8. The zero-order valence-electron chi connectivity index (χ0n) is 10.4. The highest BCUT2D eigenvalue weighted by Crippen LogP contribution is 2.14. The second kappa shape index (κ2) is 7.76. The third kappa shape index (κ3) is 5.42. The van der Waals surface area contributed by atoms with E-state index in [0.717, 1.165) is 22.9 Å². The number of halogens is 3. The first-order valence-electron chi connectivity index (χ1n) is 5.88. The number of hydrogen-bond donors (Lipinski definition) is 1. The van der Waals surface area contributed by atoms with Gasteiger partial charge in [-0.25, -0.2) is 0 Å². The van der Waals surface area contributed by atoms with E-state index < -0.39 is 0 Å². The van der Waals surface area contributed by atoms with Gasteiger partial charge in [-0.1, -0.05) is 47.5 Å². The molecule has 2 aromatic rings. The number of benzene rings is 2. The molecule has 0 bridgehead atoms. The highest BCUT2D eigenvalue weighted by Gasteiger charge is 2.05. The van der Waals surface area contributed by atoms with Gasteiger partial charge >= 0.3 is 0 Å². The Morgan fingerprint density at radius 1 is 0.737 bits per heavy atom. The number of rotatable bonds is 4. The van der Waals surface area contributed by atoms with E-state index >= 15 is 0 Å². The zero-order chi connectivity index (χ0) is 13.0. The lowest BCUT2D eigenvalue weighted by atomic mass is 10.00. The van der Waals surface area contributed by atoms with Crippen LogP contribution in [0.3, 0.4) is 0 Å². The standard InChI is InChI=1S/C15H15Cl2N.ClH/c16-13-5-1-11(2-6-13)9-15(18)10-12-3-7-14(17)8-4-12;/h1-8,15H,9-10,18H2;1H. The van der Waals surface area contributed by atoms with Gasteiger partial charge in [-0.15, -0.1) is 12.4 Å². The molecule has 0 saturated heterocycles. The lowest BCUT2D eigenvalue weighted by Gasteiger charge is -2.12. The van der Waals surface area contributed by atoms with Crippen LogP contribution in [0.1, 0.15) is 11.1 Å². The van der Waals surface area contributed by atoms with E-state index in [1.807, 2.05) is 48.5 Å². The average Bonchev–Trinajstić information content (AvgIpc) is 2.35. The van der Waals surface area contributed by atoms with Crippen LogP contribution in [0.4, 0.5) is 0 Å². The molecule has 2 rings (SSSR count). The molecule has 0 spiro atoms. The quantitative estimate of drug-likeness (QED) is 0.881. The van der Waals surface area contributed by atoms with Crippen LogP contribution >= 0.6 is 35.6 Å². The van der Waals surface area contributed by atoms with Crippen molar-refractivity contribution < 1.29 is 0 Å². The Kier molecular flexibility index (Phi) is 6.67. The van der Waals surface area contributed by atoms with Crippen molar-refractivity contribution in [3.05, 3.63) is 69.7 Å². The lowest BCUT2D eigenvalue weighted by molar-refractivity contribution is 0.665. The summed E-state index contributed by atoms with van der Waals surface area (Å²) < 4.78 is 0. The minimum Gasteiger partial charge on any atom is -0.327 e. The first-order valence-corrected chi connectivity index (χ1v) is 6.63. The van der Waals surface area contributed by atoms with Crippen molar-refractivity contribution in [3.63, 3.8) is 0 Å². The van der Waals surface area contributed by atoms with Crippen molar-refractivity contribution in [2.75, 3.05) is 0 Å². The van der Waals surface area contributed by atoms with E-state index in [4.69, 9.17) is 28.9 Å². The fourth-order valence-electron chi connectivity index (χ4n) is 1.92. The average molecular weight is 317 g/mol. The van der Waals surface area contributed by atoms with E-state index in [1.54, 1.807) is 0 Å².